The number of carbonyl (C=O) groups is 3. The number of anilines is 2. The van der Waals surface area contributed by atoms with Crippen molar-refractivity contribution in [3.63, 3.8) is 0 Å². The predicted molar refractivity (Wildman–Crippen MR) is 94.8 cm³/mol. The van der Waals surface area contributed by atoms with E-state index in [9.17, 15) is 14.4 Å². The van der Waals surface area contributed by atoms with E-state index in [1.54, 1.807) is 0 Å². The first-order valence-electron chi connectivity index (χ1n) is 8.76. The second-order valence-electron chi connectivity index (χ2n) is 6.37. The molecule has 2 saturated heterocycles. The number of carbonyl (C=O) groups excluding carboxylic acids is 3. The van der Waals surface area contributed by atoms with Crippen LogP contribution in [0.5, 0.6) is 0 Å². The molecule has 2 amide bonds. The van der Waals surface area contributed by atoms with E-state index < -0.39 is 24.0 Å². The Balaban J connectivity index is 1.50. The Morgan fingerprint density at radius 2 is 1.96 bits per heavy atom. The lowest BCUT2D eigenvalue weighted by Crippen LogP contribution is -2.39. The molecular formula is C18H23N3O5. The van der Waals surface area contributed by atoms with E-state index in [0.717, 1.165) is 18.8 Å². The molecule has 2 N–H and O–H groups in total. The molecule has 26 heavy (non-hydrogen) atoms. The van der Waals surface area contributed by atoms with Crippen LogP contribution >= 0.6 is 0 Å². The van der Waals surface area contributed by atoms with Gasteiger partial charge in [0, 0.05) is 30.9 Å². The third kappa shape index (κ3) is 4.51. The first-order valence-corrected chi connectivity index (χ1v) is 8.76. The van der Waals surface area contributed by atoms with Crippen molar-refractivity contribution in [2.24, 2.45) is 0 Å². The van der Waals surface area contributed by atoms with Crippen molar-refractivity contribution in [3.8, 4) is 0 Å². The molecule has 8 heteroatoms. The maximum absolute atomic E-state index is 12.2. The summed E-state index contributed by atoms with van der Waals surface area (Å²) in [4.78, 5) is 37.5. The number of amides is 2. The van der Waals surface area contributed by atoms with Gasteiger partial charge in [0.15, 0.2) is 6.10 Å². The van der Waals surface area contributed by atoms with Gasteiger partial charge in [0.05, 0.1) is 13.2 Å². The summed E-state index contributed by atoms with van der Waals surface area (Å²) in [5.74, 6) is -1.17. The van der Waals surface area contributed by atoms with Crippen LogP contribution in [-0.4, -0.2) is 56.2 Å². The second kappa shape index (κ2) is 8.18. The summed E-state index contributed by atoms with van der Waals surface area (Å²) >= 11 is 0. The van der Waals surface area contributed by atoms with E-state index in [1.807, 2.05) is 24.3 Å². The number of nitrogens with one attached hydrogen (secondary N) is 2. The maximum Gasteiger partial charge on any atom is 0.329 e. The topological polar surface area (TPSA) is 97.0 Å². The summed E-state index contributed by atoms with van der Waals surface area (Å²) < 4.78 is 10.5. The molecule has 0 unspecified atom stereocenters. The van der Waals surface area contributed by atoms with E-state index in [-0.39, 0.29) is 5.91 Å². The van der Waals surface area contributed by atoms with E-state index >= 15 is 0 Å². The lowest BCUT2D eigenvalue weighted by Gasteiger charge is -2.29. The molecule has 0 radical (unpaired) electrons. The molecule has 0 saturated carbocycles. The fourth-order valence-electron chi connectivity index (χ4n) is 2.92. The van der Waals surface area contributed by atoms with Crippen molar-refractivity contribution >= 4 is 29.2 Å². The molecule has 140 valence electrons. The second-order valence-corrected chi connectivity index (χ2v) is 6.37. The van der Waals surface area contributed by atoms with Crippen LogP contribution in [0, 0.1) is 0 Å². The van der Waals surface area contributed by atoms with Crippen LogP contribution in [0.3, 0.4) is 0 Å². The zero-order valence-electron chi connectivity index (χ0n) is 14.7. The summed E-state index contributed by atoms with van der Waals surface area (Å²) in [5, 5.41) is 5.26. The van der Waals surface area contributed by atoms with Gasteiger partial charge in [-0.1, -0.05) is 0 Å². The van der Waals surface area contributed by atoms with Crippen LogP contribution in [0.2, 0.25) is 0 Å². The van der Waals surface area contributed by atoms with Gasteiger partial charge in [-0.2, -0.15) is 0 Å². The smallest absolute Gasteiger partial charge is 0.329 e. The van der Waals surface area contributed by atoms with Crippen LogP contribution in [0.25, 0.3) is 0 Å². The molecule has 1 aromatic carbocycles. The lowest BCUT2D eigenvalue weighted by molar-refractivity contribution is -0.155. The number of morpholine rings is 1. The lowest BCUT2D eigenvalue weighted by atomic mass is 10.2. The zero-order valence-corrected chi connectivity index (χ0v) is 14.7. The molecule has 2 aliphatic heterocycles. The van der Waals surface area contributed by atoms with Crippen molar-refractivity contribution in [2.45, 2.75) is 31.9 Å². The maximum atomic E-state index is 12.2. The summed E-state index contributed by atoms with van der Waals surface area (Å²) in [7, 11) is 0. The van der Waals surface area contributed by atoms with Gasteiger partial charge in [0.1, 0.15) is 6.04 Å². The van der Waals surface area contributed by atoms with Gasteiger partial charge >= 0.3 is 5.97 Å². The molecule has 2 atom stereocenters. The Kier molecular flexibility index (Phi) is 5.72. The normalized spacial score (nSPS) is 21.0. The summed E-state index contributed by atoms with van der Waals surface area (Å²) in [6, 6.07) is 6.84. The summed E-state index contributed by atoms with van der Waals surface area (Å²) in [5.41, 5.74) is 1.70. The SMILES string of the molecule is C[C@H](OC(=O)[C@H]1CCC(=O)N1)C(=O)Nc1ccc(N2CCOCC2)cc1. The van der Waals surface area contributed by atoms with Crippen LogP contribution in [0.15, 0.2) is 24.3 Å². The van der Waals surface area contributed by atoms with Gasteiger partial charge in [-0.3, -0.25) is 9.59 Å². The molecule has 0 aromatic heterocycles. The molecule has 2 fully saturated rings. The number of benzene rings is 1. The van der Waals surface area contributed by atoms with E-state index in [1.165, 1.54) is 6.92 Å². The number of hydrogen-bond acceptors (Lipinski definition) is 6. The van der Waals surface area contributed by atoms with Gasteiger partial charge < -0.3 is 25.0 Å². The quantitative estimate of drug-likeness (QED) is 0.749. The molecule has 0 spiro atoms. The number of nitrogens with zero attached hydrogens (tertiary/aromatic N) is 1. The van der Waals surface area contributed by atoms with Gasteiger partial charge in [-0.15, -0.1) is 0 Å². The summed E-state index contributed by atoms with van der Waals surface area (Å²) in [6.07, 6.45) is -0.246. The van der Waals surface area contributed by atoms with Crippen LogP contribution in [-0.2, 0) is 23.9 Å². The van der Waals surface area contributed by atoms with Gasteiger partial charge in [-0.25, -0.2) is 4.79 Å². The Hall–Kier alpha value is -2.61. The molecule has 0 aliphatic carbocycles. The number of rotatable bonds is 5. The number of ether oxygens (including phenoxy) is 2. The highest BCUT2D eigenvalue weighted by atomic mass is 16.5. The number of esters is 1. The van der Waals surface area contributed by atoms with Crippen LogP contribution in [0.4, 0.5) is 11.4 Å². The standard InChI is InChI=1S/C18H23N3O5/c1-12(26-18(24)15-6-7-16(22)20-15)17(23)19-13-2-4-14(5-3-13)21-8-10-25-11-9-21/h2-5,12,15H,6-11H2,1H3,(H,19,23)(H,20,22)/t12-,15+/m0/s1. The predicted octanol–water partition coefficient (Wildman–Crippen LogP) is 0.672. The van der Waals surface area contributed by atoms with Crippen molar-refractivity contribution in [1.82, 2.24) is 5.32 Å². The van der Waals surface area contributed by atoms with E-state index in [4.69, 9.17) is 9.47 Å². The van der Waals surface area contributed by atoms with Crippen molar-refractivity contribution < 1.29 is 23.9 Å². The Morgan fingerprint density at radius 3 is 2.58 bits per heavy atom. The van der Waals surface area contributed by atoms with Crippen LogP contribution in [0.1, 0.15) is 19.8 Å². The molecule has 1 aromatic rings. The minimum Gasteiger partial charge on any atom is -0.451 e. The van der Waals surface area contributed by atoms with E-state index in [0.29, 0.717) is 31.7 Å². The minimum absolute atomic E-state index is 0.176. The first-order chi connectivity index (χ1) is 12.5. The number of hydrogen-bond donors (Lipinski definition) is 2. The Bertz CT molecular complexity index is 670. The van der Waals surface area contributed by atoms with Gasteiger partial charge in [0.25, 0.3) is 5.91 Å². The fraction of sp³-hybridized carbons (Fsp3) is 0.500. The average molecular weight is 361 g/mol. The summed E-state index contributed by atoms with van der Waals surface area (Å²) in [6.45, 7) is 4.62. The third-order valence-corrected chi connectivity index (χ3v) is 4.45. The fourth-order valence-corrected chi connectivity index (χ4v) is 2.92. The molecule has 0 bridgehead atoms. The Labute approximate surface area is 151 Å². The third-order valence-electron chi connectivity index (χ3n) is 4.45. The highest BCUT2D eigenvalue weighted by Crippen LogP contribution is 2.19. The highest BCUT2D eigenvalue weighted by molar-refractivity contribution is 5.96. The van der Waals surface area contributed by atoms with Gasteiger partial charge in [-0.05, 0) is 37.6 Å². The highest BCUT2D eigenvalue weighted by Gasteiger charge is 2.30. The molecule has 2 aliphatic rings. The van der Waals surface area contributed by atoms with Crippen molar-refractivity contribution in [3.05, 3.63) is 24.3 Å². The monoisotopic (exact) mass is 361 g/mol. The first kappa shape index (κ1) is 18.2. The van der Waals surface area contributed by atoms with Crippen LogP contribution < -0.4 is 15.5 Å². The van der Waals surface area contributed by atoms with E-state index in [2.05, 4.69) is 15.5 Å². The largest absolute Gasteiger partial charge is 0.451 e. The average Bonchev–Trinajstić information content (AvgIpc) is 3.09. The van der Waals surface area contributed by atoms with Crippen molar-refractivity contribution in [2.75, 3.05) is 36.5 Å². The zero-order chi connectivity index (χ0) is 18.5. The van der Waals surface area contributed by atoms with Crippen molar-refractivity contribution in [1.29, 1.82) is 0 Å². The minimum atomic E-state index is -0.945. The molecular weight excluding hydrogens is 338 g/mol. The molecule has 8 nitrogen and oxygen atoms in total. The van der Waals surface area contributed by atoms with Gasteiger partial charge in [0.2, 0.25) is 5.91 Å². The molecule has 2 heterocycles. The molecule has 3 rings (SSSR count). The Morgan fingerprint density at radius 1 is 1.27 bits per heavy atom.